The molecule has 7 heteroatoms. The van der Waals surface area contributed by atoms with Gasteiger partial charge in [-0.15, -0.1) is 18.9 Å². The van der Waals surface area contributed by atoms with E-state index in [9.17, 15) is 13.5 Å². The predicted molar refractivity (Wildman–Crippen MR) is 62.6 cm³/mol. The summed E-state index contributed by atoms with van der Waals surface area (Å²) in [6.45, 7) is 4.94. The third-order valence-corrected chi connectivity index (χ3v) is 1.25. The number of halogens is 2. The molecule has 1 atom stereocenters. The SMILES string of the molecule is C#CCCOCC(O)COCC=C.OP(F)F. The molecule has 2 N–H and O–H groups in total. The van der Waals surface area contributed by atoms with E-state index in [1.54, 1.807) is 6.08 Å². The van der Waals surface area contributed by atoms with Crippen molar-refractivity contribution in [3.63, 3.8) is 0 Å². The predicted octanol–water partition coefficient (Wildman–Crippen LogP) is 1.73. The summed E-state index contributed by atoms with van der Waals surface area (Å²) >= 11 is 0. The maximum Gasteiger partial charge on any atom is 0.412 e. The normalized spacial score (nSPS) is 11.3. The minimum absolute atomic E-state index is 0.263. The Labute approximate surface area is 101 Å². The zero-order valence-electron chi connectivity index (χ0n) is 9.39. The summed E-state index contributed by atoms with van der Waals surface area (Å²) in [5.74, 6) is 2.44. The molecular weight excluding hydrogens is 253 g/mol. The quantitative estimate of drug-likeness (QED) is 0.305. The summed E-state index contributed by atoms with van der Waals surface area (Å²) in [6, 6.07) is 0. The smallest absolute Gasteiger partial charge is 0.388 e. The fourth-order valence-corrected chi connectivity index (χ4v) is 0.686. The molecule has 0 saturated carbocycles. The van der Waals surface area contributed by atoms with Crippen LogP contribution < -0.4 is 0 Å². The van der Waals surface area contributed by atoms with Crippen molar-refractivity contribution in [1.82, 2.24) is 0 Å². The second-order valence-electron chi connectivity index (χ2n) is 2.72. The van der Waals surface area contributed by atoms with E-state index in [4.69, 9.17) is 20.8 Å². The number of aliphatic hydroxyl groups is 1. The maximum atomic E-state index is 9.95. The van der Waals surface area contributed by atoms with E-state index in [2.05, 4.69) is 12.5 Å². The number of hydrogen-bond donors (Lipinski definition) is 2. The fraction of sp³-hybridized carbons (Fsp3) is 0.600. The van der Waals surface area contributed by atoms with Crippen LogP contribution in [0.25, 0.3) is 0 Å². The number of aliphatic hydroxyl groups excluding tert-OH is 1. The molecule has 0 aliphatic rings. The van der Waals surface area contributed by atoms with Crippen LogP contribution in [0.4, 0.5) is 8.39 Å². The average molecular weight is 270 g/mol. The highest BCUT2D eigenvalue weighted by molar-refractivity contribution is 7.39. The lowest BCUT2D eigenvalue weighted by Crippen LogP contribution is -2.22. The highest BCUT2D eigenvalue weighted by Gasteiger charge is 2.02. The third-order valence-electron chi connectivity index (χ3n) is 1.25. The third kappa shape index (κ3) is 25.6. The van der Waals surface area contributed by atoms with Gasteiger partial charge in [-0.1, -0.05) is 6.08 Å². The molecule has 4 nitrogen and oxygen atoms in total. The van der Waals surface area contributed by atoms with Gasteiger partial charge in [0, 0.05) is 6.42 Å². The molecule has 0 amide bonds. The molecule has 0 heterocycles. The molecule has 0 fully saturated rings. The zero-order valence-corrected chi connectivity index (χ0v) is 10.3. The van der Waals surface area contributed by atoms with E-state index in [1.165, 1.54) is 0 Å². The van der Waals surface area contributed by atoms with Gasteiger partial charge in [0.15, 0.2) is 0 Å². The Bertz CT molecular complexity index is 206. The van der Waals surface area contributed by atoms with Gasteiger partial charge in [0.2, 0.25) is 0 Å². The van der Waals surface area contributed by atoms with Gasteiger partial charge in [0.05, 0.1) is 26.4 Å². The van der Waals surface area contributed by atoms with Gasteiger partial charge in [-0.05, 0) is 0 Å². The van der Waals surface area contributed by atoms with Crippen molar-refractivity contribution < 1.29 is 27.9 Å². The van der Waals surface area contributed by atoms with Gasteiger partial charge >= 0.3 is 8.77 Å². The first-order valence-corrected chi connectivity index (χ1v) is 5.80. The van der Waals surface area contributed by atoms with Crippen molar-refractivity contribution in [3.05, 3.63) is 12.7 Å². The Balaban J connectivity index is 0. The molecule has 1 unspecified atom stereocenters. The van der Waals surface area contributed by atoms with E-state index < -0.39 is 14.9 Å². The Hall–Kier alpha value is -0.570. The summed E-state index contributed by atoms with van der Waals surface area (Å²) < 4.78 is 30.0. The molecule has 0 aromatic heterocycles. The molecule has 0 spiro atoms. The second kappa shape index (κ2) is 15.4. The van der Waals surface area contributed by atoms with Crippen LogP contribution in [0, 0.1) is 12.3 Å². The monoisotopic (exact) mass is 270 g/mol. The van der Waals surface area contributed by atoms with Crippen LogP contribution in [0.15, 0.2) is 12.7 Å². The van der Waals surface area contributed by atoms with Crippen LogP contribution in [0.1, 0.15) is 6.42 Å². The van der Waals surface area contributed by atoms with Crippen LogP contribution >= 0.6 is 8.77 Å². The first kappa shape index (κ1) is 18.8. The van der Waals surface area contributed by atoms with Crippen LogP contribution in [0.3, 0.4) is 0 Å². The van der Waals surface area contributed by atoms with Crippen molar-refractivity contribution in [2.24, 2.45) is 0 Å². The molecule has 0 aliphatic heterocycles. The number of ether oxygens (including phenoxy) is 2. The number of terminal acetylenes is 1. The van der Waals surface area contributed by atoms with E-state index >= 15 is 0 Å². The lowest BCUT2D eigenvalue weighted by molar-refractivity contribution is -0.0116. The maximum absolute atomic E-state index is 9.95. The summed E-state index contributed by atoms with van der Waals surface area (Å²) in [6.07, 6.45) is 6.63. The van der Waals surface area contributed by atoms with Gasteiger partial charge in [-0.2, -0.15) is 8.39 Å². The highest BCUT2D eigenvalue weighted by Crippen LogP contribution is 2.31. The first-order chi connectivity index (χ1) is 8.04. The van der Waals surface area contributed by atoms with Crippen LogP contribution in [0.2, 0.25) is 0 Å². The number of rotatable bonds is 8. The van der Waals surface area contributed by atoms with Crippen molar-refractivity contribution in [2.75, 3.05) is 26.4 Å². The molecular formula is C10H17F2O4P. The van der Waals surface area contributed by atoms with E-state index in [0.29, 0.717) is 19.6 Å². The summed E-state index contributed by atoms with van der Waals surface area (Å²) in [4.78, 5) is 6.79. The molecule has 17 heavy (non-hydrogen) atoms. The molecule has 0 bridgehead atoms. The molecule has 0 radical (unpaired) electrons. The van der Waals surface area contributed by atoms with Crippen molar-refractivity contribution in [1.29, 1.82) is 0 Å². The molecule has 0 saturated heterocycles. The molecule has 0 rings (SSSR count). The second-order valence-corrected chi connectivity index (χ2v) is 3.15. The summed E-state index contributed by atoms with van der Waals surface area (Å²) in [5.41, 5.74) is 0. The highest BCUT2D eigenvalue weighted by atomic mass is 31.2. The van der Waals surface area contributed by atoms with Crippen LogP contribution in [0.5, 0.6) is 0 Å². The molecule has 0 aliphatic carbocycles. The van der Waals surface area contributed by atoms with E-state index in [-0.39, 0.29) is 13.2 Å². The lowest BCUT2D eigenvalue weighted by Gasteiger charge is -2.09. The fourth-order valence-electron chi connectivity index (χ4n) is 0.686. The Kier molecular flexibility index (Phi) is 17.1. The topological polar surface area (TPSA) is 58.9 Å². The van der Waals surface area contributed by atoms with Crippen molar-refractivity contribution in [3.8, 4) is 12.3 Å². The molecule has 100 valence electrons. The summed E-state index contributed by atoms with van der Waals surface area (Å²) in [5, 5.41) is 9.24. The minimum Gasteiger partial charge on any atom is -0.388 e. The summed E-state index contributed by atoms with van der Waals surface area (Å²) in [7, 11) is -3.62. The zero-order chi connectivity index (χ0) is 13.5. The lowest BCUT2D eigenvalue weighted by atomic mass is 10.4. The number of hydrogen-bond acceptors (Lipinski definition) is 4. The van der Waals surface area contributed by atoms with Crippen molar-refractivity contribution in [2.45, 2.75) is 12.5 Å². The average Bonchev–Trinajstić information content (AvgIpc) is 2.24. The minimum atomic E-state index is -3.62. The van der Waals surface area contributed by atoms with E-state index in [0.717, 1.165) is 0 Å². The van der Waals surface area contributed by atoms with E-state index in [1.807, 2.05) is 0 Å². The first-order valence-electron chi connectivity index (χ1n) is 4.73. The Morgan fingerprint density at radius 2 is 1.94 bits per heavy atom. The van der Waals surface area contributed by atoms with Gasteiger partial charge in [-0.3, -0.25) is 0 Å². The Morgan fingerprint density at radius 1 is 1.41 bits per heavy atom. The molecule has 0 aromatic carbocycles. The van der Waals surface area contributed by atoms with Crippen LogP contribution in [-0.2, 0) is 9.47 Å². The Morgan fingerprint density at radius 3 is 2.41 bits per heavy atom. The van der Waals surface area contributed by atoms with Gasteiger partial charge < -0.3 is 19.5 Å². The standard InChI is InChI=1S/C10H16O3.F2HOP/c1-3-5-7-13-9-10(11)8-12-6-4-2;1-4(2)3/h1,4,10-11H,2,5-9H2;3H. The molecule has 0 aromatic rings. The van der Waals surface area contributed by atoms with Gasteiger partial charge in [0.1, 0.15) is 6.10 Å². The van der Waals surface area contributed by atoms with Crippen LogP contribution in [-0.4, -0.2) is 42.5 Å². The van der Waals surface area contributed by atoms with Crippen molar-refractivity contribution >= 4 is 8.77 Å². The largest absolute Gasteiger partial charge is 0.412 e. The van der Waals surface area contributed by atoms with Gasteiger partial charge in [0.25, 0.3) is 0 Å². The van der Waals surface area contributed by atoms with Gasteiger partial charge in [-0.25, -0.2) is 0 Å².